The molecule has 0 radical (unpaired) electrons. The minimum atomic E-state index is -0.696. The van der Waals surface area contributed by atoms with Gasteiger partial charge in [-0.3, -0.25) is 4.98 Å². The van der Waals surface area contributed by atoms with Crippen LogP contribution in [0.25, 0.3) is 10.9 Å². The van der Waals surface area contributed by atoms with Gasteiger partial charge in [0.25, 0.3) is 0 Å². The van der Waals surface area contributed by atoms with Gasteiger partial charge in [0, 0.05) is 11.6 Å². The second-order valence-corrected chi connectivity index (χ2v) is 4.59. The first-order valence-corrected chi connectivity index (χ1v) is 6.77. The topological polar surface area (TPSA) is 86.8 Å². The number of halogens is 2. The van der Waals surface area contributed by atoms with E-state index in [1.165, 1.54) is 0 Å². The van der Waals surface area contributed by atoms with Crippen molar-refractivity contribution in [2.45, 2.75) is 0 Å². The number of rotatable bonds is 5. The predicted octanol–water partition coefficient (Wildman–Crippen LogP) is 2.32. The average Bonchev–Trinajstić information content (AvgIpc) is 2.52. The summed E-state index contributed by atoms with van der Waals surface area (Å²) in [7, 11) is 0. The van der Waals surface area contributed by atoms with Gasteiger partial charge in [0.15, 0.2) is 5.84 Å². The van der Waals surface area contributed by atoms with Crippen LogP contribution in [0.15, 0.2) is 35.6 Å². The van der Waals surface area contributed by atoms with Crippen molar-refractivity contribution in [1.29, 1.82) is 0 Å². The largest absolute Gasteiger partial charge is 0.483 e. The molecule has 2 aromatic rings. The third kappa shape index (κ3) is 3.96. The van der Waals surface area contributed by atoms with E-state index in [1.807, 2.05) is 6.07 Å². The highest BCUT2D eigenvalue weighted by Crippen LogP contribution is 2.29. The molecular weight excluding hydrogens is 317 g/mol. The van der Waals surface area contributed by atoms with E-state index >= 15 is 0 Å². The molecule has 0 unspecified atom stereocenters. The first-order valence-electron chi connectivity index (χ1n) is 5.86. The van der Waals surface area contributed by atoms with E-state index in [2.05, 4.69) is 15.0 Å². The fourth-order valence-corrected chi connectivity index (χ4v) is 1.80. The molecule has 0 saturated heterocycles. The second kappa shape index (κ2) is 7.10. The molecule has 1 heterocycles. The lowest BCUT2D eigenvalue weighted by Gasteiger charge is -2.08. The highest BCUT2D eigenvalue weighted by molar-refractivity contribution is 6.35. The summed E-state index contributed by atoms with van der Waals surface area (Å²) in [6, 6.07) is 6.98. The number of nitrogens with zero attached hydrogens (tertiary/aromatic N) is 2. The van der Waals surface area contributed by atoms with Crippen molar-refractivity contribution in [3.05, 3.63) is 35.5 Å². The summed E-state index contributed by atoms with van der Waals surface area (Å²) in [5.41, 5.74) is 6.16. The van der Waals surface area contributed by atoms with E-state index in [0.29, 0.717) is 16.3 Å². The molecule has 21 heavy (non-hydrogen) atoms. The Morgan fingerprint density at radius 3 is 2.95 bits per heavy atom. The van der Waals surface area contributed by atoms with Crippen molar-refractivity contribution in [2.24, 2.45) is 10.9 Å². The number of carbonyl (C=O) groups excluding carboxylic acids is 1. The Hall–Kier alpha value is -2.05. The molecular formula is C13H11Cl2N3O3. The summed E-state index contributed by atoms with van der Waals surface area (Å²) in [6.07, 6.45) is 1.63. The Balaban J connectivity index is 2.10. The smallest absolute Gasteiger partial charge is 0.349 e. The lowest BCUT2D eigenvalue weighted by molar-refractivity contribution is -0.140. The number of amidine groups is 1. The third-order valence-corrected chi connectivity index (χ3v) is 2.98. The van der Waals surface area contributed by atoms with E-state index in [0.717, 1.165) is 5.39 Å². The maximum atomic E-state index is 10.8. The monoisotopic (exact) mass is 327 g/mol. The summed E-state index contributed by atoms with van der Waals surface area (Å²) < 4.78 is 5.50. The number of ether oxygens (including phenoxy) is 1. The summed E-state index contributed by atoms with van der Waals surface area (Å²) in [5, 5.41) is 4.73. The molecule has 0 bridgehead atoms. The zero-order valence-electron chi connectivity index (χ0n) is 10.8. The zero-order valence-corrected chi connectivity index (χ0v) is 12.3. The van der Waals surface area contributed by atoms with E-state index in [9.17, 15) is 4.79 Å². The lowest BCUT2D eigenvalue weighted by atomic mass is 10.2. The van der Waals surface area contributed by atoms with Crippen LogP contribution in [0.2, 0.25) is 5.02 Å². The van der Waals surface area contributed by atoms with Gasteiger partial charge in [0.1, 0.15) is 23.8 Å². The number of hydrogen-bond acceptors (Lipinski definition) is 5. The SMILES string of the molecule is NC(COc1ccc(Cl)c2cccnc12)=NOC(=O)CCl. The molecule has 6 nitrogen and oxygen atoms in total. The Labute approximate surface area is 130 Å². The number of alkyl halides is 1. The van der Waals surface area contributed by atoms with Crippen molar-refractivity contribution in [3.8, 4) is 5.75 Å². The number of carbonyl (C=O) groups is 1. The summed E-state index contributed by atoms with van der Waals surface area (Å²) in [6.45, 7) is -0.0666. The van der Waals surface area contributed by atoms with Gasteiger partial charge in [0.2, 0.25) is 0 Å². The van der Waals surface area contributed by atoms with Gasteiger partial charge >= 0.3 is 5.97 Å². The molecule has 2 N–H and O–H groups in total. The summed E-state index contributed by atoms with van der Waals surface area (Å²) >= 11 is 11.3. The van der Waals surface area contributed by atoms with Gasteiger partial charge in [-0.15, -0.1) is 11.6 Å². The minimum Gasteiger partial charge on any atom is -0.483 e. The first kappa shape index (κ1) is 15.3. The van der Waals surface area contributed by atoms with Gasteiger partial charge in [0.05, 0.1) is 5.02 Å². The molecule has 1 aromatic heterocycles. The molecule has 0 fully saturated rings. The number of benzene rings is 1. The van der Waals surface area contributed by atoms with Crippen LogP contribution < -0.4 is 10.5 Å². The maximum absolute atomic E-state index is 10.8. The van der Waals surface area contributed by atoms with Gasteiger partial charge in [-0.25, -0.2) is 4.79 Å². The van der Waals surface area contributed by atoms with Crippen LogP contribution in [-0.2, 0) is 9.63 Å². The highest BCUT2D eigenvalue weighted by Gasteiger charge is 2.08. The fourth-order valence-electron chi connectivity index (χ4n) is 1.54. The molecule has 0 aliphatic heterocycles. The first-order chi connectivity index (χ1) is 10.1. The van der Waals surface area contributed by atoms with Gasteiger partial charge in [-0.1, -0.05) is 16.8 Å². The Kier molecular flexibility index (Phi) is 5.19. The van der Waals surface area contributed by atoms with Crippen LogP contribution >= 0.6 is 23.2 Å². The van der Waals surface area contributed by atoms with Crippen LogP contribution in [0.5, 0.6) is 5.75 Å². The molecule has 0 amide bonds. The second-order valence-electron chi connectivity index (χ2n) is 3.91. The van der Waals surface area contributed by atoms with Crippen LogP contribution in [0.4, 0.5) is 0 Å². The van der Waals surface area contributed by atoms with Crippen LogP contribution in [0, 0.1) is 0 Å². The van der Waals surface area contributed by atoms with Gasteiger partial charge in [-0.2, -0.15) is 0 Å². The molecule has 8 heteroatoms. The van der Waals surface area contributed by atoms with E-state index < -0.39 is 5.97 Å². The van der Waals surface area contributed by atoms with Gasteiger partial charge in [-0.05, 0) is 24.3 Å². The third-order valence-electron chi connectivity index (χ3n) is 2.43. The van der Waals surface area contributed by atoms with E-state index in [1.54, 1.807) is 24.4 Å². The molecule has 110 valence electrons. The summed E-state index contributed by atoms with van der Waals surface area (Å²) in [5.74, 6) is -0.508. The zero-order chi connectivity index (χ0) is 15.2. The number of oxime groups is 1. The van der Waals surface area contributed by atoms with Crippen molar-refractivity contribution in [1.82, 2.24) is 4.98 Å². The highest BCUT2D eigenvalue weighted by atomic mass is 35.5. The molecule has 0 atom stereocenters. The van der Waals surface area contributed by atoms with Crippen LogP contribution in [-0.4, -0.2) is 29.3 Å². The maximum Gasteiger partial charge on any atom is 0.349 e. The number of fused-ring (bicyclic) bond motifs is 1. The molecule has 0 aliphatic rings. The predicted molar refractivity (Wildman–Crippen MR) is 80.7 cm³/mol. The Morgan fingerprint density at radius 1 is 1.38 bits per heavy atom. The number of aromatic nitrogens is 1. The van der Waals surface area contributed by atoms with Crippen molar-refractivity contribution >= 4 is 45.9 Å². The number of pyridine rings is 1. The fraction of sp³-hybridized carbons (Fsp3) is 0.154. The van der Waals surface area contributed by atoms with Crippen LogP contribution in [0.1, 0.15) is 0 Å². The van der Waals surface area contributed by atoms with Crippen molar-refractivity contribution < 1.29 is 14.4 Å². The lowest BCUT2D eigenvalue weighted by Crippen LogP contribution is -2.22. The normalized spacial score (nSPS) is 11.4. The van der Waals surface area contributed by atoms with E-state index in [4.69, 9.17) is 33.7 Å². The number of hydrogen-bond donors (Lipinski definition) is 1. The Bertz CT molecular complexity index is 691. The Morgan fingerprint density at radius 2 is 2.19 bits per heavy atom. The van der Waals surface area contributed by atoms with Crippen molar-refractivity contribution in [2.75, 3.05) is 12.5 Å². The average molecular weight is 328 g/mol. The van der Waals surface area contributed by atoms with Crippen LogP contribution in [0.3, 0.4) is 0 Å². The minimum absolute atomic E-state index is 0.00695. The van der Waals surface area contributed by atoms with Crippen molar-refractivity contribution in [3.63, 3.8) is 0 Å². The van der Waals surface area contributed by atoms with Gasteiger partial charge < -0.3 is 15.3 Å². The standard InChI is InChI=1S/C13H11Cl2N3O3/c14-6-12(19)21-18-11(16)7-20-10-4-3-9(15)8-2-1-5-17-13(8)10/h1-5H,6-7H2,(H2,16,18). The molecule has 0 spiro atoms. The summed E-state index contributed by atoms with van der Waals surface area (Å²) in [4.78, 5) is 19.5. The quantitative estimate of drug-likeness (QED) is 0.299. The van der Waals surface area contributed by atoms with E-state index in [-0.39, 0.29) is 18.3 Å². The molecule has 0 aliphatic carbocycles. The molecule has 2 rings (SSSR count). The number of nitrogens with two attached hydrogens (primary N) is 1. The molecule has 1 aromatic carbocycles. The molecule has 0 saturated carbocycles.